The fourth-order valence-electron chi connectivity index (χ4n) is 1.89. The van der Waals surface area contributed by atoms with Crippen LogP contribution in [-0.2, 0) is 0 Å². The molecule has 2 rings (SSSR count). The average molecular weight is 234 g/mol. The number of fused-ring (bicyclic) bond motifs is 1. The van der Waals surface area contributed by atoms with Crippen LogP contribution in [0.5, 0.6) is 11.5 Å². The van der Waals surface area contributed by atoms with Crippen molar-refractivity contribution in [3.05, 3.63) is 35.9 Å². The van der Waals surface area contributed by atoms with Crippen molar-refractivity contribution in [2.75, 3.05) is 13.2 Å². The van der Waals surface area contributed by atoms with Crippen LogP contribution in [0.1, 0.15) is 31.4 Å². The lowest BCUT2D eigenvalue weighted by Crippen LogP contribution is -2.17. The topological polar surface area (TPSA) is 38.7 Å². The van der Waals surface area contributed by atoms with Crippen LogP contribution in [0.2, 0.25) is 0 Å². The lowest BCUT2D eigenvalue weighted by molar-refractivity contribution is 0.145. The van der Waals surface area contributed by atoms with E-state index in [0.29, 0.717) is 25.4 Å². The zero-order chi connectivity index (χ0) is 12.3. The van der Waals surface area contributed by atoms with Crippen LogP contribution in [0.25, 0.3) is 0 Å². The van der Waals surface area contributed by atoms with Crippen LogP contribution in [0.4, 0.5) is 0 Å². The van der Waals surface area contributed by atoms with Gasteiger partial charge in [0.15, 0.2) is 11.5 Å². The SMILES string of the molecule is C=C(CC)CC(O)c1cccc2c1OCCO2. The number of ether oxygens (including phenoxy) is 2. The van der Waals surface area contributed by atoms with E-state index in [0.717, 1.165) is 23.3 Å². The number of para-hydroxylation sites is 1. The van der Waals surface area contributed by atoms with E-state index in [4.69, 9.17) is 9.47 Å². The van der Waals surface area contributed by atoms with E-state index in [-0.39, 0.29) is 0 Å². The molecular formula is C14H18O3. The Morgan fingerprint density at radius 1 is 1.41 bits per heavy atom. The normalized spacial score (nSPS) is 15.4. The van der Waals surface area contributed by atoms with Crippen molar-refractivity contribution in [3.8, 4) is 11.5 Å². The molecule has 1 atom stereocenters. The molecule has 0 aliphatic carbocycles. The Kier molecular flexibility index (Phi) is 3.69. The lowest BCUT2D eigenvalue weighted by atomic mass is 10.00. The quantitative estimate of drug-likeness (QED) is 0.814. The number of aliphatic hydroxyl groups excluding tert-OH is 1. The summed E-state index contributed by atoms with van der Waals surface area (Å²) in [6, 6.07) is 5.61. The molecule has 0 fully saturated rings. The molecular weight excluding hydrogens is 216 g/mol. The number of hydrogen-bond acceptors (Lipinski definition) is 3. The van der Waals surface area contributed by atoms with E-state index in [2.05, 4.69) is 6.58 Å². The first kappa shape index (κ1) is 12.0. The highest BCUT2D eigenvalue weighted by molar-refractivity contribution is 5.48. The van der Waals surface area contributed by atoms with Gasteiger partial charge in [-0.15, -0.1) is 0 Å². The van der Waals surface area contributed by atoms with Gasteiger partial charge in [0.2, 0.25) is 0 Å². The standard InChI is InChI=1S/C14H18O3/c1-3-10(2)9-12(15)11-5-4-6-13-14(11)17-8-7-16-13/h4-6,12,15H,2-3,7-9H2,1H3. The lowest BCUT2D eigenvalue weighted by Gasteiger charge is -2.23. The monoisotopic (exact) mass is 234 g/mol. The number of rotatable bonds is 4. The third-order valence-corrected chi connectivity index (χ3v) is 2.94. The third kappa shape index (κ3) is 2.61. The van der Waals surface area contributed by atoms with Crippen LogP contribution < -0.4 is 9.47 Å². The maximum absolute atomic E-state index is 10.2. The summed E-state index contributed by atoms with van der Waals surface area (Å²) >= 11 is 0. The maximum atomic E-state index is 10.2. The van der Waals surface area contributed by atoms with Crippen LogP contribution in [0, 0.1) is 0 Å². The highest BCUT2D eigenvalue weighted by atomic mass is 16.6. The largest absolute Gasteiger partial charge is 0.486 e. The minimum Gasteiger partial charge on any atom is -0.486 e. The molecule has 1 heterocycles. The second-order valence-corrected chi connectivity index (χ2v) is 4.19. The highest BCUT2D eigenvalue weighted by Gasteiger charge is 2.20. The van der Waals surface area contributed by atoms with Crippen molar-refractivity contribution < 1.29 is 14.6 Å². The molecule has 1 aromatic rings. The smallest absolute Gasteiger partial charge is 0.167 e. The van der Waals surface area contributed by atoms with Crippen molar-refractivity contribution in [3.63, 3.8) is 0 Å². The maximum Gasteiger partial charge on any atom is 0.167 e. The summed E-state index contributed by atoms with van der Waals surface area (Å²) in [6.45, 7) is 7.05. The fraction of sp³-hybridized carbons (Fsp3) is 0.429. The molecule has 0 spiro atoms. The second kappa shape index (κ2) is 5.23. The van der Waals surface area contributed by atoms with Gasteiger partial charge in [0.25, 0.3) is 0 Å². The molecule has 17 heavy (non-hydrogen) atoms. The summed E-state index contributed by atoms with van der Waals surface area (Å²) in [4.78, 5) is 0. The summed E-state index contributed by atoms with van der Waals surface area (Å²) in [7, 11) is 0. The van der Waals surface area contributed by atoms with Gasteiger partial charge >= 0.3 is 0 Å². The molecule has 0 saturated carbocycles. The molecule has 0 bridgehead atoms. The van der Waals surface area contributed by atoms with Crippen molar-refractivity contribution >= 4 is 0 Å². The fourth-order valence-corrected chi connectivity index (χ4v) is 1.89. The Morgan fingerprint density at radius 3 is 2.94 bits per heavy atom. The Balaban J connectivity index is 2.22. The van der Waals surface area contributed by atoms with E-state index < -0.39 is 6.10 Å². The summed E-state index contributed by atoms with van der Waals surface area (Å²) in [5, 5.41) is 10.2. The highest BCUT2D eigenvalue weighted by Crippen LogP contribution is 2.38. The van der Waals surface area contributed by atoms with Gasteiger partial charge in [0, 0.05) is 5.56 Å². The zero-order valence-electron chi connectivity index (χ0n) is 10.1. The van der Waals surface area contributed by atoms with Crippen molar-refractivity contribution in [1.29, 1.82) is 0 Å². The first-order valence-electron chi connectivity index (χ1n) is 5.95. The van der Waals surface area contributed by atoms with Crippen LogP contribution in [-0.4, -0.2) is 18.3 Å². The Morgan fingerprint density at radius 2 is 2.18 bits per heavy atom. The van der Waals surface area contributed by atoms with Crippen LogP contribution in [0.3, 0.4) is 0 Å². The molecule has 92 valence electrons. The van der Waals surface area contributed by atoms with Crippen LogP contribution in [0.15, 0.2) is 30.4 Å². The summed E-state index contributed by atoms with van der Waals surface area (Å²) < 4.78 is 11.1. The van der Waals surface area contributed by atoms with E-state index in [1.165, 1.54) is 0 Å². The van der Waals surface area contributed by atoms with E-state index in [9.17, 15) is 5.11 Å². The van der Waals surface area contributed by atoms with Gasteiger partial charge in [-0.2, -0.15) is 0 Å². The third-order valence-electron chi connectivity index (χ3n) is 2.94. The van der Waals surface area contributed by atoms with E-state index in [1.54, 1.807) is 0 Å². The summed E-state index contributed by atoms with van der Waals surface area (Å²) in [6.07, 6.45) is 0.874. The predicted octanol–water partition coefficient (Wildman–Crippen LogP) is 2.85. The zero-order valence-corrected chi connectivity index (χ0v) is 10.1. The van der Waals surface area contributed by atoms with Crippen molar-refractivity contribution in [2.45, 2.75) is 25.9 Å². The second-order valence-electron chi connectivity index (χ2n) is 4.19. The number of hydrogen-bond donors (Lipinski definition) is 1. The molecule has 0 saturated heterocycles. The molecule has 0 radical (unpaired) electrons. The van der Waals surface area contributed by atoms with Crippen molar-refractivity contribution in [2.24, 2.45) is 0 Å². The predicted molar refractivity (Wildman–Crippen MR) is 66.4 cm³/mol. The minimum atomic E-state index is -0.570. The van der Waals surface area contributed by atoms with Gasteiger partial charge in [0.05, 0.1) is 6.10 Å². The molecule has 1 aliphatic heterocycles. The summed E-state index contributed by atoms with van der Waals surface area (Å²) in [5.74, 6) is 1.39. The molecule has 0 aromatic heterocycles. The molecule has 1 N–H and O–H groups in total. The van der Waals surface area contributed by atoms with E-state index in [1.807, 2.05) is 25.1 Å². The molecule has 1 aliphatic rings. The van der Waals surface area contributed by atoms with Gasteiger partial charge in [-0.1, -0.05) is 31.2 Å². The van der Waals surface area contributed by atoms with Gasteiger partial charge in [-0.25, -0.2) is 0 Å². The number of benzene rings is 1. The minimum absolute atomic E-state index is 0.533. The average Bonchev–Trinajstić information content (AvgIpc) is 2.37. The van der Waals surface area contributed by atoms with Gasteiger partial charge in [-0.3, -0.25) is 0 Å². The van der Waals surface area contributed by atoms with Gasteiger partial charge in [0.1, 0.15) is 13.2 Å². The van der Waals surface area contributed by atoms with Crippen LogP contribution >= 0.6 is 0 Å². The molecule has 1 aromatic carbocycles. The van der Waals surface area contributed by atoms with E-state index >= 15 is 0 Å². The van der Waals surface area contributed by atoms with Gasteiger partial charge in [-0.05, 0) is 18.9 Å². The molecule has 1 unspecified atom stereocenters. The van der Waals surface area contributed by atoms with Crippen molar-refractivity contribution in [1.82, 2.24) is 0 Å². The first-order valence-corrected chi connectivity index (χ1v) is 5.95. The Hall–Kier alpha value is -1.48. The molecule has 0 amide bonds. The molecule has 3 heteroatoms. The summed E-state index contributed by atoms with van der Waals surface area (Å²) in [5.41, 5.74) is 1.82. The Labute approximate surface area is 102 Å². The Bertz CT molecular complexity index is 412. The molecule has 3 nitrogen and oxygen atoms in total. The first-order chi connectivity index (χ1) is 8.22. The number of aliphatic hydroxyl groups is 1. The van der Waals surface area contributed by atoms with Gasteiger partial charge < -0.3 is 14.6 Å².